The molecule has 0 bridgehead atoms. The number of rotatable bonds is 3. The minimum Gasteiger partial charge on any atom is -0.454 e. The number of aldehydes is 1. The lowest BCUT2D eigenvalue weighted by Crippen LogP contribution is -1.95. The van der Waals surface area contributed by atoms with Crippen LogP contribution in [0.5, 0.6) is 11.5 Å². The number of carbonyl (C=O) groups is 1. The van der Waals surface area contributed by atoms with Crippen LogP contribution in [0, 0.1) is 6.92 Å². The van der Waals surface area contributed by atoms with E-state index in [0.717, 1.165) is 35.3 Å². The summed E-state index contributed by atoms with van der Waals surface area (Å²) in [5, 5.41) is 0. The van der Waals surface area contributed by atoms with Crippen LogP contribution in [0.15, 0.2) is 12.1 Å². The maximum atomic E-state index is 10.3. The fourth-order valence-electron chi connectivity index (χ4n) is 1.64. The van der Waals surface area contributed by atoms with Gasteiger partial charge in [-0.15, -0.1) is 0 Å². The zero-order valence-electron chi connectivity index (χ0n) is 8.08. The van der Waals surface area contributed by atoms with Crippen molar-refractivity contribution < 1.29 is 14.3 Å². The van der Waals surface area contributed by atoms with E-state index in [0.29, 0.717) is 6.42 Å². The average molecular weight is 192 g/mol. The molecular formula is C11H12O3. The van der Waals surface area contributed by atoms with E-state index >= 15 is 0 Å². The molecule has 3 nitrogen and oxygen atoms in total. The Kier molecular flexibility index (Phi) is 2.39. The molecule has 1 aromatic carbocycles. The first-order chi connectivity index (χ1) is 6.81. The molecule has 0 saturated heterocycles. The summed E-state index contributed by atoms with van der Waals surface area (Å²) in [5.74, 6) is 1.60. The van der Waals surface area contributed by atoms with Crippen LogP contribution in [0.4, 0.5) is 0 Å². The van der Waals surface area contributed by atoms with Crippen molar-refractivity contribution in [2.45, 2.75) is 19.8 Å². The Morgan fingerprint density at radius 3 is 3.07 bits per heavy atom. The van der Waals surface area contributed by atoms with E-state index in [9.17, 15) is 4.79 Å². The van der Waals surface area contributed by atoms with E-state index < -0.39 is 0 Å². The molecule has 0 aromatic heterocycles. The lowest BCUT2D eigenvalue weighted by molar-refractivity contribution is -0.107. The van der Waals surface area contributed by atoms with Crippen LogP contribution in [0.25, 0.3) is 0 Å². The van der Waals surface area contributed by atoms with Gasteiger partial charge in [0.15, 0.2) is 11.5 Å². The van der Waals surface area contributed by atoms with Gasteiger partial charge in [-0.25, -0.2) is 0 Å². The molecule has 2 rings (SSSR count). The molecule has 0 radical (unpaired) electrons. The van der Waals surface area contributed by atoms with Crippen molar-refractivity contribution in [1.29, 1.82) is 0 Å². The summed E-state index contributed by atoms with van der Waals surface area (Å²) in [4.78, 5) is 10.3. The summed E-state index contributed by atoms with van der Waals surface area (Å²) in [7, 11) is 0. The Labute approximate surface area is 82.6 Å². The monoisotopic (exact) mass is 192 g/mol. The van der Waals surface area contributed by atoms with Gasteiger partial charge < -0.3 is 14.3 Å². The van der Waals surface area contributed by atoms with Crippen LogP contribution in [-0.2, 0) is 11.2 Å². The first-order valence-corrected chi connectivity index (χ1v) is 4.64. The van der Waals surface area contributed by atoms with Crippen molar-refractivity contribution in [3.05, 3.63) is 23.3 Å². The van der Waals surface area contributed by atoms with Gasteiger partial charge in [0.25, 0.3) is 0 Å². The highest BCUT2D eigenvalue weighted by atomic mass is 16.7. The topological polar surface area (TPSA) is 35.5 Å². The molecule has 1 aliphatic rings. The molecule has 74 valence electrons. The second kappa shape index (κ2) is 3.70. The standard InChI is InChI=1S/C11H12O3/c1-8-5-9(3-2-4-12)11-10(6-8)13-7-14-11/h4-6H,2-3,7H2,1H3. The third kappa shape index (κ3) is 1.58. The van der Waals surface area contributed by atoms with Gasteiger partial charge >= 0.3 is 0 Å². The Morgan fingerprint density at radius 2 is 2.29 bits per heavy atom. The molecule has 0 saturated carbocycles. The number of fused-ring (bicyclic) bond motifs is 1. The summed E-state index contributed by atoms with van der Waals surface area (Å²) in [6, 6.07) is 3.99. The Hall–Kier alpha value is -1.51. The van der Waals surface area contributed by atoms with Crippen LogP contribution in [-0.4, -0.2) is 13.1 Å². The predicted molar refractivity (Wildman–Crippen MR) is 51.7 cm³/mol. The second-order valence-electron chi connectivity index (χ2n) is 3.36. The minimum absolute atomic E-state index is 0.285. The van der Waals surface area contributed by atoms with Gasteiger partial charge in [-0.1, -0.05) is 6.07 Å². The van der Waals surface area contributed by atoms with Gasteiger partial charge in [-0.2, -0.15) is 0 Å². The third-order valence-corrected chi connectivity index (χ3v) is 2.23. The summed E-state index contributed by atoms with van der Waals surface area (Å²) in [6.07, 6.45) is 2.17. The number of ether oxygens (including phenoxy) is 2. The highest BCUT2D eigenvalue weighted by Crippen LogP contribution is 2.37. The fraction of sp³-hybridized carbons (Fsp3) is 0.364. The quantitative estimate of drug-likeness (QED) is 0.685. The first kappa shape index (κ1) is 9.06. The fourth-order valence-corrected chi connectivity index (χ4v) is 1.64. The Bertz CT molecular complexity index is 358. The molecule has 1 heterocycles. The molecule has 0 unspecified atom stereocenters. The number of hydrogen-bond donors (Lipinski definition) is 0. The lowest BCUT2D eigenvalue weighted by atomic mass is 10.1. The largest absolute Gasteiger partial charge is 0.454 e. The summed E-state index contributed by atoms with van der Waals surface area (Å²) < 4.78 is 10.6. The van der Waals surface area contributed by atoms with Crippen LogP contribution >= 0.6 is 0 Å². The normalized spacial score (nSPS) is 12.9. The van der Waals surface area contributed by atoms with Crippen molar-refractivity contribution in [3.8, 4) is 11.5 Å². The average Bonchev–Trinajstić information content (AvgIpc) is 2.61. The van der Waals surface area contributed by atoms with E-state index in [2.05, 4.69) is 0 Å². The van der Waals surface area contributed by atoms with Crippen molar-refractivity contribution in [2.75, 3.05) is 6.79 Å². The minimum atomic E-state index is 0.285. The summed E-state index contributed by atoms with van der Waals surface area (Å²) in [6.45, 7) is 2.29. The SMILES string of the molecule is Cc1cc(CCC=O)c2c(c1)OCO2. The van der Waals surface area contributed by atoms with Crippen LogP contribution in [0.2, 0.25) is 0 Å². The predicted octanol–water partition coefficient (Wildman–Crippen LogP) is 1.86. The molecule has 14 heavy (non-hydrogen) atoms. The smallest absolute Gasteiger partial charge is 0.231 e. The van der Waals surface area contributed by atoms with Crippen LogP contribution in [0.1, 0.15) is 17.5 Å². The first-order valence-electron chi connectivity index (χ1n) is 4.64. The van der Waals surface area contributed by atoms with Gasteiger partial charge in [-0.3, -0.25) is 0 Å². The molecule has 1 aliphatic heterocycles. The molecule has 0 fully saturated rings. The van der Waals surface area contributed by atoms with Gasteiger partial charge in [-0.05, 0) is 30.5 Å². The second-order valence-corrected chi connectivity index (χ2v) is 3.36. The molecule has 0 amide bonds. The number of benzene rings is 1. The maximum Gasteiger partial charge on any atom is 0.231 e. The van der Waals surface area contributed by atoms with E-state index in [4.69, 9.17) is 9.47 Å². The lowest BCUT2D eigenvalue weighted by Gasteiger charge is -2.05. The third-order valence-electron chi connectivity index (χ3n) is 2.23. The van der Waals surface area contributed by atoms with Crippen LogP contribution < -0.4 is 9.47 Å². The zero-order chi connectivity index (χ0) is 9.97. The maximum absolute atomic E-state index is 10.3. The molecule has 0 N–H and O–H groups in total. The highest BCUT2D eigenvalue weighted by Gasteiger charge is 2.17. The van der Waals surface area contributed by atoms with Crippen molar-refractivity contribution in [1.82, 2.24) is 0 Å². The molecule has 0 aliphatic carbocycles. The Morgan fingerprint density at radius 1 is 1.43 bits per heavy atom. The molecule has 0 atom stereocenters. The summed E-state index contributed by atoms with van der Waals surface area (Å²) in [5.41, 5.74) is 2.19. The van der Waals surface area contributed by atoms with E-state index in [1.807, 2.05) is 19.1 Å². The van der Waals surface area contributed by atoms with E-state index in [1.54, 1.807) is 0 Å². The van der Waals surface area contributed by atoms with E-state index in [1.165, 1.54) is 0 Å². The van der Waals surface area contributed by atoms with Gasteiger partial charge in [0.1, 0.15) is 6.29 Å². The van der Waals surface area contributed by atoms with E-state index in [-0.39, 0.29) is 6.79 Å². The number of aryl methyl sites for hydroxylation is 2. The highest BCUT2D eigenvalue weighted by molar-refractivity contribution is 5.54. The van der Waals surface area contributed by atoms with Gasteiger partial charge in [0.2, 0.25) is 6.79 Å². The van der Waals surface area contributed by atoms with Crippen LogP contribution in [0.3, 0.4) is 0 Å². The molecule has 1 aromatic rings. The van der Waals surface area contributed by atoms with Crippen molar-refractivity contribution in [3.63, 3.8) is 0 Å². The molecule has 3 heteroatoms. The van der Waals surface area contributed by atoms with Gasteiger partial charge in [0, 0.05) is 6.42 Å². The number of hydrogen-bond acceptors (Lipinski definition) is 3. The van der Waals surface area contributed by atoms with Crippen molar-refractivity contribution >= 4 is 6.29 Å². The summed E-state index contributed by atoms with van der Waals surface area (Å²) >= 11 is 0. The van der Waals surface area contributed by atoms with Crippen molar-refractivity contribution in [2.24, 2.45) is 0 Å². The number of carbonyl (C=O) groups excluding carboxylic acids is 1. The molecule has 0 spiro atoms. The Balaban J connectivity index is 2.33. The zero-order valence-corrected chi connectivity index (χ0v) is 8.08. The molecular weight excluding hydrogens is 180 g/mol. The van der Waals surface area contributed by atoms with Gasteiger partial charge in [0.05, 0.1) is 0 Å².